The van der Waals surface area contributed by atoms with E-state index in [4.69, 9.17) is 10.5 Å². The van der Waals surface area contributed by atoms with Crippen molar-refractivity contribution in [1.29, 1.82) is 0 Å². The van der Waals surface area contributed by atoms with Crippen LogP contribution in [0, 0.1) is 12.8 Å². The number of ether oxygens (including phenoxy) is 1. The molecule has 11 heteroatoms. The molecule has 2 aromatic heterocycles. The summed E-state index contributed by atoms with van der Waals surface area (Å²) in [5, 5.41) is 6.18. The first kappa shape index (κ1) is 29.6. The molecule has 1 fully saturated rings. The lowest BCUT2D eigenvalue weighted by Gasteiger charge is -2.27. The van der Waals surface area contributed by atoms with Crippen LogP contribution in [0.3, 0.4) is 0 Å². The summed E-state index contributed by atoms with van der Waals surface area (Å²) in [5.41, 5.74) is 11.4. The van der Waals surface area contributed by atoms with Gasteiger partial charge in [-0.05, 0) is 73.6 Å². The fourth-order valence-electron chi connectivity index (χ4n) is 5.78. The molecule has 3 heterocycles. The Kier molecular flexibility index (Phi) is 8.24. The van der Waals surface area contributed by atoms with Crippen LogP contribution in [0.2, 0.25) is 0 Å². The number of aromatic nitrogens is 2. The molecule has 44 heavy (non-hydrogen) atoms. The third-order valence-electron chi connectivity index (χ3n) is 8.33. The normalized spacial score (nSPS) is 16.3. The van der Waals surface area contributed by atoms with Gasteiger partial charge in [-0.2, -0.15) is 0 Å². The molecule has 6 rings (SSSR count). The average molecular weight is 613 g/mol. The largest absolute Gasteiger partial charge is 0.398 e. The summed E-state index contributed by atoms with van der Waals surface area (Å²) in [5.74, 6) is 0.483. The van der Waals surface area contributed by atoms with Crippen molar-refractivity contribution in [3.05, 3.63) is 85.5 Å². The van der Waals surface area contributed by atoms with Crippen LogP contribution < -0.4 is 21.9 Å². The first-order chi connectivity index (χ1) is 21.2. The summed E-state index contributed by atoms with van der Waals surface area (Å²) in [4.78, 5) is 47.7. The monoisotopic (exact) mass is 612 g/mol. The second-order valence-corrected chi connectivity index (χ2v) is 12.7. The van der Waals surface area contributed by atoms with Crippen molar-refractivity contribution >= 4 is 46.0 Å². The van der Waals surface area contributed by atoms with E-state index in [1.54, 1.807) is 47.7 Å². The minimum Gasteiger partial charge on any atom is -0.398 e. The number of morpholine rings is 1. The minimum absolute atomic E-state index is 0.115. The number of rotatable bonds is 6. The van der Waals surface area contributed by atoms with Crippen LogP contribution in [0.25, 0.3) is 11.3 Å². The summed E-state index contributed by atoms with van der Waals surface area (Å²) in [7, 11) is 1.66. The Morgan fingerprint density at radius 1 is 1.14 bits per heavy atom. The average Bonchev–Trinajstić information content (AvgIpc) is 3.44. The van der Waals surface area contributed by atoms with Crippen molar-refractivity contribution in [3.63, 3.8) is 0 Å². The molecule has 1 saturated heterocycles. The third kappa shape index (κ3) is 5.97. The van der Waals surface area contributed by atoms with E-state index in [0.29, 0.717) is 60.5 Å². The number of hydrogen-bond donors (Lipinski definition) is 3. The molecule has 1 aliphatic carbocycles. The maximum atomic E-state index is 13.2. The van der Waals surface area contributed by atoms with Crippen LogP contribution in [-0.4, -0.2) is 52.6 Å². The van der Waals surface area contributed by atoms with Crippen LogP contribution in [0.5, 0.6) is 0 Å². The van der Waals surface area contributed by atoms with E-state index in [9.17, 15) is 14.4 Å². The second kappa shape index (κ2) is 12.3. The number of aryl methyl sites for hydroxylation is 2. The second-order valence-electron chi connectivity index (χ2n) is 11.6. The fraction of sp³-hybridized carbons (Fsp3) is 0.333. The molecule has 1 aliphatic heterocycles. The molecule has 4 N–H and O–H groups in total. The molecule has 4 aromatic rings. The molecule has 2 aromatic carbocycles. The number of amides is 2. The van der Waals surface area contributed by atoms with E-state index in [1.165, 1.54) is 15.0 Å². The number of hydrogen-bond acceptors (Lipinski definition) is 8. The van der Waals surface area contributed by atoms with Gasteiger partial charge >= 0.3 is 0 Å². The Morgan fingerprint density at radius 2 is 1.93 bits per heavy atom. The highest BCUT2D eigenvalue weighted by molar-refractivity contribution is 7.14. The van der Waals surface area contributed by atoms with Gasteiger partial charge in [-0.3, -0.25) is 14.4 Å². The van der Waals surface area contributed by atoms with Crippen molar-refractivity contribution in [2.75, 3.05) is 42.7 Å². The molecule has 10 nitrogen and oxygen atoms in total. The molecule has 0 radical (unpaired) electrons. The molecule has 0 saturated carbocycles. The summed E-state index contributed by atoms with van der Waals surface area (Å²) in [6.45, 7) is 6.22. The van der Waals surface area contributed by atoms with Crippen molar-refractivity contribution in [1.82, 2.24) is 14.5 Å². The molecule has 228 valence electrons. The number of nitrogens with two attached hydrogens (primary N) is 1. The number of nitrogens with zero attached hydrogens (tertiary/aromatic N) is 3. The SMILES string of the molecule is Cc1c(NC(=O)c2cc3c(s2)CCC(C)C3)cccc1-c1cn(C)c(=O)c(Nc2ccc(C(=O)N3CCOCC3)c(N)c2)n1. The number of anilines is 4. The minimum atomic E-state index is -0.320. The molecule has 2 aliphatic rings. The molecular formula is C33H36N6O4S. The summed E-state index contributed by atoms with van der Waals surface area (Å²) < 4.78 is 6.80. The summed E-state index contributed by atoms with van der Waals surface area (Å²) >= 11 is 1.58. The predicted molar refractivity (Wildman–Crippen MR) is 174 cm³/mol. The number of fused-ring (bicyclic) bond motifs is 1. The van der Waals surface area contributed by atoms with Crippen molar-refractivity contribution in [2.45, 2.75) is 33.1 Å². The van der Waals surface area contributed by atoms with E-state index >= 15 is 0 Å². The van der Waals surface area contributed by atoms with Crippen molar-refractivity contribution in [2.24, 2.45) is 13.0 Å². The van der Waals surface area contributed by atoms with Gasteiger partial charge in [-0.25, -0.2) is 4.98 Å². The number of benzene rings is 2. The standard InChI is InChI=1S/C33H36N6O4S/c1-19-7-10-28-21(15-19)16-29(44-28)31(40)37-26-6-4-5-23(20(26)2)27-18-38(3)33(42)30(36-27)35-22-8-9-24(25(34)17-22)32(41)39-11-13-43-14-12-39/h4-6,8-9,16-19H,7,10-15,34H2,1-3H3,(H,35,36)(H,37,40). The van der Waals surface area contributed by atoms with E-state index < -0.39 is 0 Å². The fourth-order valence-corrected chi connectivity index (χ4v) is 6.88. The first-order valence-electron chi connectivity index (χ1n) is 14.8. The van der Waals surface area contributed by atoms with Crippen LogP contribution in [0.4, 0.5) is 22.9 Å². The van der Waals surface area contributed by atoms with Crippen LogP contribution in [-0.2, 0) is 24.6 Å². The van der Waals surface area contributed by atoms with E-state index in [2.05, 4.69) is 22.5 Å². The number of nitrogens with one attached hydrogen (secondary N) is 2. The van der Waals surface area contributed by atoms with E-state index in [0.717, 1.165) is 35.3 Å². The number of nitrogen functional groups attached to an aromatic ring is 1. The highest BCUT2D eigenvalue weighted by Gasteiger charge is 2.23. The molecule has 0 spiro atoms. The van der Waals surface area contributed by atoms with Crippen LogP contribution >= 0.6 is 11.3 Å². The quantitative estimate of drug-likeness (QED) is 0.261. The first-order valence-corrected chi connectivity index (χ1v) is 15.6. The van der Waals surface area contributed by atoms with Gasteiger partial charge in [0.05, 0.1) is 29.3 Å². The van der Waals surface area contributed by atoms with Crippen molar-refractivity contribution in [3.8, 4) is 11.3 Å². The van der Waals surface area contributed by atoms with Gasteiger partial charge in [0, 0.05) is 53.8 Å². The predicted octanol–water partition coefficient (Wildman–Crippen LogP) is 4.99. The van der Waals surface area contributed by atoms with E-state index in [1.807, 2.05) is 31.2 Å². The molecule has 2 amide bonds. The number of thiophene rings is 1. The lowest BCUT2D eigenvalue weighted by Crippen LogP contribution is -2.40. The molecular weight excluding hydrogens is 576 g/mol. The van der Waals surface area contributed by atoms with Gasteiger partial charge in [0.2, 0.25) is 0 Å². The Labute approximate surface area is 259 Å². The zero-order valence-electron chi connectivity index (χ0n) is 25.1. The number of carbonyl (C=O) groups is 2. The Bertz CT molecular complexity index is 1810. The number of carbonyl (C=O) groups excluding carboxylic acids is 2. The molecule has 1 unspecified atom stereocenters. The highest BCUT2D eigenvalue weighted by atomic mass is 32.1. The van der Waals surface area contributed by atoms with Crippen LogP contribution in [0.1, 0.15) is 49.4 Å². The lowest BCUT2D eigenvalue weighted by molar-refractivity contribution is 0.0303. The third-order valence-corrected chi connectivity index (χ3v) is 9.56. The maximum Gasteiger partial charge on any atom is 0.293 e. The smallest absolute Gasteiger partial charge is 0.293 e. The zero-order chi connectivity index (χ0) is 31.0. The van der Waals surface area contributed by atoms with Gasteiger partial charge < -0.3 is 30.6 Å². The van der Waals surface area contributed by atoms with Gasteiger partial charge in [0.15, 0.2) is 5.82 Å². The topological polar surface area (TPSA) is 132 Å². The van der Waals surface area contributed by atoms with E-state index in [-0.39, 0.29) is 23.2 Å². The van der Waals surface area contributed by atoms with Crippen LogP contribution in [0.15, 0.2) is 53.5 Å². The highest BCUT2D eigenvalue weighted by Crippen LogP contribution is 2.34. The molecule has 1 atom stereocenters. The summed E-state index contributed by atoms with van der Waals surface area (Å²) in [6, 6.07) is 12.7. The molecule has 0 bridgehead atoms. The Balaban J connectivity index is 1.23. The summed E-state index contributed by atoms with van der Waals surface area (Å²) in [6.07, 6.45) is 4.88. The van der Waals surface area contributed by atoms with Gasteiger partial charge in [0.1, 0.15) is 0 Å². The Morgan fingerprint density at radius 3 is 2.70 bits per heavy atom. The zero-order valence-corrected chi connectivity index (χ0v) is 25.9. The van der Waals surface area contributed by atoms with Gasteiger partial charge in [-0.15, -0.1) is 11.3 Å². The van der Waals surface area contributed by atoms with Gasteiger partial charge in [0.25, 0.3) is 17.4 Å². The lowest BCUT2D eigenvalue weighted by atomic mass is 9.90. The maximum absolute atomic E-state index is 13.2. The van der Waals surface area contributed by atoms with Gasteiger partial charge in [-0.1, -0.05) is 19.1 Å². The Hall–Kier alpha value is -4.48. The van der Waals surface area contributed by atoms with Crippen molar-refractivity contribution < 1.29 is 14.3 Å².